The van der Waals surface area contributed by atoms with E-state index in [9.17, 15) is 0 Å². The van der Waals surface area contributed by atoms with Gasteiger partial charge in [0.15, 0.2) is 17.2 Å². The molecule has 2 aromatic carbocycles. The normalized spacial score (nSPS) is 17.2. The minimum Gasteiger partial charge on any atom is -0.495 e. The second kappa shape index (κ2) is 10.1. The van der Waals surface area contributed by atoms with Crippen LogP contribution in [0.4, 0.5) is 17.3 Å². The van der Waals surface area contributed by atoms with E-state index in [1.165, 1.54) is 24.8 Å². The zero-order valence-electron chi connectivity index (χ0n) is 20.9. The summed E-state index contributed by atoms with van der Waals surface area (Å²) in [4.78, 5) is 0.804. The molecular weight excluding hydrogens is 494 g/mol. The van der Waals surface area contributed by atoms with E-state index in [1.54, 1.807) is 21.3 Å². The minimum atomic E-state index is 0.0614. The van der Waals surface area contributed by atoms with Gasteiger partial charge in [-0.25, -0.2) is 0 Å². The van der Waals surface area contributed by atoms with Gasteiger partial charge >= 0.3 is 0 Å². The van der Waals surface area contributed by atoms with Gasteiger partial charge in [-0.15, -0.1) is 0 Å². The van der Waals surface area contributed by atoms with Crippen LogP contribution in [0.3, 0.4) is 0 Å². The molecule has 0 amide bonds. The van der Waals surface area contributed by atoms with Crippen molar-refractivity contribution in [3.05, 3.63) is 41.6 Å². The Kier molecular flexibility index (Phi) is 6.47. The van der Waals surface area contributed by atoms with Crippen molar-refractivity contribution in [1.82, 2.24) is 15.4 Å². The number of nitrogens with one attached hydrogen (secondary N) is 3. The number of H-pyrrole nitrogens is 1. The first-order chi connectivity index (χ1) is 18.2. The molecule has 0 radical (unpaired) electrons. The zero-order valence-corrected chi connectivity index (χ0v) is 21.7. The Labute approximate surface area is 218 Å². The molecule has 4 aromatic rings. The molecule has 2 aromatic heterocycles. The highest BCUT2D eigenvalue weighted by molar-refractivity contribution is 8.00. The van der Waals surface area contributed by atoms with E-state index in [4.69, 9.17) is 23.5 Å². The highest BCUT2D eigenvalue weighted by Gasteiger charge is 2.26. The number of benzene rings is 2. The van der Waals surface area contributed by atoms with Gasteiger partial charge in [-0.3, -0.25) is 5.10 Å². The average molecular weight is 524 g/mol. The van der Waals surface area contributed by atoms with Crippen molar-refractivity contribution >= 4 is 40.2 Å². The van der Waals surface area contributed by atoms with Crippen molar-refractivity contribution in [2.24, 2.45) is 0 Å². The van der Waals surface area contributed by atoms with Crippen LogP contribution in [0.5, 0.6) is 17.2 Å². The molecule has 2 aliphatic rings. The minimum absolute atomic E-state index is 0.0614. The second-order valence-electron chi connectivity index (χ2n) is 9.15. The smallest absolute Gasteiger partial charge is 0.187 e. The molecule has 1 saturated carbocycles. The first kappa shape index (κ1) is 23.8. The summed E-state index contributed by atoms with van der Waals surface area (Å²) in [5.41, 5.74) is 3.55. The van der Waals surface area contributed by atoms with Crippen molar-refractivity contribution < 1.29 is 23.5 Å². The maximum absolute atomic E-state index is 5.85. The van der Waals surface area contributed by atoms with Gasteiger partial charge in [-0.2, -0.15) is 5.10 Å². The monoisotopic (exact) mass is 523 g/mol. The maximum atomic E-state index is 5.85. The van der Waals surface area contributed by atoms with E-state index in [-0.39, 0.29) is 6.10 Å². The number of anilines is 3. The number of methoxy groups -OCH3 is 3. The summed E-state index contributed by atoms with van der Waals surface area (Å²) >= 11 is 1.34. The van der Waals surface area contributed by atoms with Crippen molar-refractivity contribution in [3.8, 4) is 17.2 Å². The van der Waals surface area contributed by atoms with E-state index in [1.807, 2.05) is 30.3 Å². The number of aromatic amines is 1. The summed E-state index contributed by atoms with van der Waals surface area (Å²) in [5.74, 6) is 3.94. The summed E-state index contributed by atoms with van der Waals surface area (Å²) in [6, 6.07) is 9.80. The number of hydrogen-bond donors (Lipinski definition) is 3. The highest BCUT2D eigenvalue weighted by Crippen LogP contribution is 2.44. The topological polar surface area (TPSA) is 116 Å². The van der Waals surface area contributed by atoms with Crippen LogP contribution in [0.2, 0.25) is 0 Å². The quantitative estimate of drug-likeness (QED) is 0.208. The summed E-state index contributed by atoms with van der Waals surface area (Å²) in [7, 11) is 4.93. The number of aromatic nitrogens is 3. The van der Waals surface area contributed by atoms with Crippen LogP contribution in [0.15, 0.2) is 39.8 Å². The van der Waals surface area contributed by atoms with E-state index < -0.39 is 0 Å². The lowest BCUT2D eigenvalue weighted by Crippen LogP contribution is -2.01. The third-order valence-electron chi connectivity index (χ3n) is 6.70. The fraction of sp³-hybridized carbons (Fsp3) is 0.385. The van der Waals surface area contributed by atoms with Gasteiger partial charge in [-0.1, -0.05) is 5.16 Å². The van der Waals surface area contributed by atoms with Gasteiger partial charge < -0.3 is 33.5 Å². The van der Waals surface area contributed by atoms with Crippen molar-refractivity contribution in [3.63, 3.8) is 0 Å². The SMILES string of the molecule is COc1cc2c(NSc3c(OC)cc(C4CCCO4)cc3OC)noc2cc1Nc1cc(C2CC2)[nH]n1. The molecule has 6 rings (SSSR count). The molecule has 0 bridgehead atoms. The second-order valence-corrected chi connectivity index (χ2v) is 9.96. The molecular formula is C26H29N5O5S. The number of fused-ring (bicyclic) bond motifs is 1. The Morgan fingerprint density at radius 2 is 1.76 bits per heavy atom. The third-order valence-corrected chi connectivity index (χ3v) is 7.61. The Morgan fingerprint density at radius 1 is 0.973 bits per heavy atom. The first-order valence-corrected chi connectivity index (χ1v) is 13.1. The molecule has 11 heteroatoms. The molecule has 1 aliphatic heterocycles. The Morgan fingerprint density at radius 3 is 2.43 bits per heavy atom. The van der Waals surface area contributed by atoms with Crippen molar-refractivity contribution in [1.29, 1.82) is 0 Å². The van der Waals surface area contributed by atoms with Gasteiger partial charge in [0.05, 0.1) is 38.5 Å². The Bertz CT molecular complexity index is 1380. The Hall–Kier alpha value is -3.57. The summed E-state index contributed by atoms with van der Waals surface area (Å²) in [6.45, 7) is 0.774. The first-order valence-electron chi connectivity index (χ1n) is 12.3. The molecule has 1 saturated heterocycles. The molecule has 3 heterocycles. The predicted octanol–water partition coefficient (Wildman–Crippen LogP) is 6.17. The standard InChI is InChI=1S/C26H29N5O5S/c1-32-21-11-16-20(12-18(21)27-24-13-17(28-29-24)14-6-7-14)36-30-26(16)31-37-25-22(33-2)9-15(10-23(25)34-3)19-5-4-8-35-19/h9-14,19H,4-8H2,1-3H3,(H,30,31)(H2,27,28,29). The van der Waals surface area contributed by atoms with Gasteiger partial charge in [0.25, 0.3) is 0 Å². The van der Waals surface area contributed by atoms with Crippen LogP contribution < -0.4 is 24.2 Å². The van der Waals surface area contributed by atoms with Crippen LogP contribution in [-0.2, 0) is 4.74 Å². The van der Waals surface area contributed by atoms with Gasteiger partial charge in [0.1, 0.15) is 22.1 Å². The van der Waals surface area contributed by atoms with E-state index >= 15 is 0 Å². The summed E-state index contributed by atoms with van der Waals surface area (Å²) in [6.07, 6.45) is 4.52. The molecule has 10 nitrogen and oxygen atoms in total. The van der Waals surface area contributed by atoms with Crippen molar-refractivity contribution in [2.75, 3.05) is 38.0 Å². The highest BCUT2D eigenvalue weighted by atomic mass is 32.2. The van der Waals surface area contributed by atoms with E-state index in [2.05, 4.69) is 25.4 Å². The van der Waals surface area contributed by atoms with Crippen molar-refractivity contribution in [2.45, 2.75) is 42.6 Å². The summed E-state index contributed by atoms with van der Waals surface area (Å²) in [5, 5.41) is 15.8. The predicted molar refractivity (Wildman–Crippen MR) is 141 cm³/mol. The molecule has 1 aliphatic carbocycles. The van der Waals surface area contributed by atoms with Gasteiger partial charge in [-0.05, 0) is 61.4 Å². The van der Waals surface area contributed by atoms with Gasteiger partial charge in [0, 0.05) is 30.4 Å². The number of hydrogen-bond acceptors (Lipinski definition) is 10. The summed E-state index contributed by atoms with van der Waals surface area (Å²) < 4.78 is 31.8. The molecule has 0 spiro atoms. The molecule has 37 heavy (non-hydrogen) atoms. The molecule has 1 atom stereocenters. The Balaban J connectivity index is 1.24. The van der Waals surface area contributed by atoms with Crippen LogP contribution in [-0.4, -0.2) is 43.3 Å². The zero-order chi connectivity index (χ0) is 25.4. The number of nitrogens with zero attached hydrogens (tertiary/aromatic N) is 2. The van der Waals surface area contributed by atoms with Crippen LogP contribution in [0, 0.1) is 0 Å². The third kappa shape index (κ3) is 4.76. The largest absolute Gasteiger partial charge is 0.495 e. The molecule has 1 unspecified atom stereocenters. The molecule has 194 valence electrons. The van der Waals surface area contributed by atoms with Crippen LogP contribution in [0.25, 0.3) is 11.0 Å². The molecule has 2 fully saturated rings. The number of ether oxygens (including phenoxy) is 4. The average Bonchev–Trinajstić information content (AvgIpc) is 3.29. The van der Waals surface area contributed by atoms with Crippen LogP contribution >= 0.6 is 11.9 Å². The van der Waals surface area contributed by atoms with Crippen LogP contribution in [0.1, 0.15) is 49.0 Å². The molecule has 3 N–H and O–H groups in total. The maximum Gasteiger partial charge on any atom is 0.187 e. The lowest BCUT2D eigenvalue weighted by Gasteiger charge is -2.17. The number of rotatable bonds is 10. The fourth-order valence-electron chi connectivity index (χ4n) is 4.57. The van der Waals surface area contributed by atoms with E-state index in [0.717, 1.165) is 52.5 Å². The van der Waals surface area contributed by atoms with Gasteiger partial charge in [0.2, 0.25) is 0 Å². The lowest BCUT2D eigenvalue weighted by molar-refractivity contribution is 0.111. The van der Waals surface area contributed by atoms with E-state index in [0.29, 0.717) is 34.6 Å². The fourth-order valence-corrected chi connectivity index (χ4v) is 5.41. The lowest BCUT2D eigenvalue weighted by atomic mass is 10.1.